The fourth-order valence-corrected chi connectivity index (χ4v) is 7.83. The molecule has 0 saturated heterocycles. The summed E-state index contributed by atoms with van der Waals surface area (Å²) in [6.45, 7) is 9.03. The number of hydrogen-bond donors (Lipinski definition) is 0. The van der Waals surface area contributed by atoms with Crippen LogP contribution in [0.25, 0.3) is 0 Å². The van der Waals surface area contributed by atoms with Crippen LogP contribution in [0.5, 0.6) is 0 Å². The molecule has 0 bridgehead atoms. The highest BCUT2D eigenvalue weighted by Crippen LogP contribution is 2.18. The SMILES string of the molecule is CCCCCCCCCCCCCC(=O)OC[C@H](COC(=O)CCCCCCCCCCCCCCCCCCCCC(C)CC)OC(=O)CCCCCCCCC. The van der Waals surface area contributed by atoms with E-state index in [2.05, 4.69) is 27.7 Å². The molecule has 6 nitrogen and oxygen atoms in total. The molecule has 2 atom stereocenters. The van der Waals surface area contributed by atoms with Crippen molar-refractivity contribution in [3.05, 3.63) is 0 Å². The molecule has 0 aromatic carbocycles. The maximum atomic E-state index is 12.6. The van der Waals surface area contributed by atoms with Crippen LogP contribution in [0.4, 0.5) is 0 Å². The predicted octanol–water partition coefficient (Wildman–Crippen LogP) is 16.7. The summed E-state index contributed by atoms with van der Waals surface area (Å²) < 4.78 is 16.7. The van der Waals surface area contributed by atoms with Crippen molar-refractivity contribution in [2.75, 3.05) is 13.2 Å². The van der Waals surface area contributed by atoms with Crippen LogP contribution in [0.15, 0.2) is 0 Å². The molecule has 0 aromatic heterocycles. The van der Waals surface area contributed by atoms with Crippen molar-refractivity contribution in [3.8, 4) is 0 Å². The zero-order valence-corrected chi connectivity index (χ0v) is 39.5. The normalized spacial score (nSPS) is 12.4. The van der Waals surface area contributed by atoms with Gasteiger partial charge >= 0.3 is 17.9 Å². The molecule has 0 N–H and O–H groups in total. The summed E-state index contributed by atoms with van der Waals surface area (Å²) >= 11 is 0. The highest BCUT2D eigenvalue weighted by atomic mass is 16.6. The van der Waals surface area contributed by atoms with Gasteiger partial charge in [-0.15, -0.1) is 0 Å². The Labute approximate surface area is 361 Å². The Kier molecular flexibility index (Phi) is 45.2. The molecule has 0 fully saturated rings. The summed E-state index contributed by atoms with van der Waals surface area (Å²) in [4.78, 5) is 37.7. The van der Waals surface area contributed by atoms with Gasteiger partial charge in [-0.3, -0.25) is 14.4 Å². The first-order valence-electron chi connectivity index (χ1n) is 25.9. The van der Waals surface area contributed by atoms with Gasteiger partial charge in [0, 0.05) is 19.3 Å². The Bertz CT molecular complexity index is 874. The molecule has 0 aliphatic heterocycles. The fourth-order valence-electron chi connectivity index (χ4n) is 7.83. The monoisotopic (exact) mass is 821 g/mol. The maximum absolute atomic E-state index is 12.6. The zero-order valence-electron chi connectivity index (χ0n) is 39.5. The topological polar surface area (TPSA) is 78.9 Å². The summed E-state index contributed by atoms with van der Waals surface area (Å²) in [6.07, 6.45) is 48.2. The van der Waals surface area contributed by atoms with E-state index in [1.54, 1.807) is 0 Å². The van der Waals surface area contributed by atoms with Crippen LogP contribution in [-0.2, 0) is 28.6 Å². The van der Waals surface area contributed by atoms with E-state index in [0.29, 0.717) is 19.3 Å². The first-order valence-corrected chi connectivity index (χ1v) is 25.9. The lowest BCUT2D eigenvalue weighted by molar-refractivity contribution is -0.167. The standard InChI is InChI=1S/C52H100O6/c1-5-8-10-12-14-15-24-28-32-35-39-43-50(53)56-46-49(58-52(55)45-41-37-30-13-11-9-6-2)47-57-51(54)44-40-36-33-29-26-23-21-19-17-16-18-20-22-25-27-31-34-38-42-48(4)7-3/h48-49H,5-47H2,1-4H3/t48?,49-/m1/s1. The average molecular weight is 821 g/mol. The summed E-state index contributed by atoms with van der Waals surface area (Å²) in [5.41, 5.74) is 0. The highest BCUT2D eigenvalue weighted by Gasteiger charge is 2.19. The number of carbonyl (C=O) groups excluding carboxylic acids is 3. The lowest BCUT2D eigenvalue weighted by Crippen LogP contribution is -2.30. The molecule has 0 aliphatic carbocycles. The van der Waals surface area contributed by atoms with Gasteiger partial charge in [-0.2, -0.15) is 0 Å². The molecule has 58 heavy (non-hydrogen) atoms. The molecule has 0 radical (unpaired) electrons. The third kappa shape index (κ3) is 44.0. The molecular weight excluding hydrogens is 721 g/mol. The molecule has 0 saturated carbocycles. The molecule has 344 valence electrons. The zero-order chi connectivity index (χ0) is 42.4. The van der Waals surface area contributed by atoms with Crippen molar-refractivity contribution < 1.29 is 28.6 Å². The second kappa shape index (κ2) is 46.5. The molecule has 0 aromatic rings. The van der Waals surface area contributed by atoms with Gasteiger partial charge in [-0.05, 0) is 25.2 Å². The van der Waals surface area contributed by atoms with E-state index in [1.807, 2.05) is 0 Å². The van der Waals surface area contributed by atoms with Crippen LogP contribution in [0.1, 0.15) is 291 Å². The number of hydrogen-bond acceptors (Lipinski definition) is 6. The summed E-state index contributed by atoms with van der Waals surface area (Å²) in [7, 11) is 0. The van der Waals surface area contributed by atoms with Crippen molar-refractivity contribution >= 4 is 17.9 Å². The van der Waals surface area contributed by atoms with Crippen LogP contribution >= 0.6 is 0 Å². The Morgan fingerprint density at radius 1 is 0.345 bits per heavy atom. The molecule has 6 heteroatoms. The largest absolute Gasteiger partial charge is 0.462 e. The van der Waals surface area contributed by atoms with Crippen LogP contribution in [0.3, 0.4) is 0 Å². The van der Waals surface area contributed by atoms with Crippen LogP contribution in [-0.4, -0.2) is 37.2 Å². The summed E-state index contributed by atoms with van der Waals surface area (Å²) in [5.74, 6) is 0.0563. The third-order valence-corrected chi connectivity index (χ3v) is 12.2. The number of ether oxygens (including phenoxy) is 3. The Balaban J connectivity index is 4.07. The van der Waals surface area contributed by atoms with Crippen LogP contribution in [0.2, 0.25) is 0 Å². The first kappa shape index (κ1) is 56.4. The van der Waals surface area contributed by atoms with Gasteiger partial charge in [-0.1, -0.05) is 252 Å². The molecule has 0 amide bonds. The van der Waals surface area contributed by atoms with Gasteiger partial charge in [0.15, 0.2) is 6.10 Å². The fraction of sp³-hybridized carbons (Fsp3) is 0.942. The maximum Gasteiger partial charge on any atom is 0.306 e. The lowest BCUT2D eigenvalue weighted by atomic mass is 9.99. The van der Waals surface area contributed by atoms with E-state index >= 15 is 0 Å². The lowest BCUT2D eigenvalue weighted by Gasteiger charge is -2.18. The molecular formula is C52H100O6. The Hall–Kier alpha value is -1.59. The molecule has 1 unspecified atom stereocenters. The number of carbonyl (C=O) groups is 3. The van der Waals surface area contributed by atoms with E-state index in [-0.39, 0.29) is 31.1 Å². The second-order valence-electron chi connectivity index (χ2n) is 18.1. The van der Waals surface area contributed by atoms with Crippen molar-refractivity contribution in [3.63, 3.8) is 0 Å². The molecule has 0 heterocycles. The van der Waals surface area contributed by atoms with E-state index < -0.39 is 6.10 Å². The van der Waals surface area contributed by atoms with E-state index in [9.17, 15) is 14.4 Å². The summed E-state index contributed by atoms with van der Waals surface area (Å²) in [6, 6.07) is 0. The number of esters is 3. The smallest absolute Gasteiger partial charge is 0.306 e. The van der Waals surface area contributed by atoms with Gasteiger partial charge in [0.05, 0.1) is 0 Å². The number of unbranched alkanes of at least 4 members (excludes halogenated alkanes) is 33. The Morgan fingerprint density at radius 2 is 0.603 bits per heavy atom. The van der Waals surface area contributed by atoms with Crippen molar-refractivity contribution in [1.29, 1.82) is 0 Å². The molecule has 0 spiro atoms. The first-order chi connectivity index (χ1) is 28.4. The summed E-state index contributed by atoms with van der Waals surface area (Å²) in [5, 5.41) is 0. The van der Waals surface area contributed by atoms with E-state index in [0.717, 1.165) is 63.7 Å². The quantitative estimate of drug-likeness (QED) is 0.0346. The van der Waals surface area contributed by atoms with Gasteiger partial charge < -0.3 is 14.2 Å². The minimum Gasteiger partial charge on any atom is -0.462 e. The van der Waals surface area contributed by atoms with Gasteiger partial charge in [-0.25, -0.2) is 0 Å². The van der Waals surface area contributed by atoms with Crippen molar-refractivity contribution in [2.24, 2.45) is 5.92 Å². The van der Waals surface area contributed by atoms with Crippen molar-refractivity contribution in [2.45, 2.75) is 297 Å². The minimum absolute atomic E-state index is 0.0634. The van der Waals surface area contributed by atoms with Crippen LogP contribution in [0, 0.1) is 5.92 Å². The van der Waals surface area contributed by atoms with E-state index in [1.165, 1.54) is 186 Å². The predicted molar refractivity (Wildman–Crippen MR) is 247 cm³/mol. The second-order valence-corrected chi connectivity index (χ2v) is 18.1. The Morgan fingerprint density at radius 3 is 0.897 bits per heavy atom. The van der Waals surface area contributed by atoms with Crippen LogP contribution < -0.4 is 0 Å². The average Bonchev–Trinajstić information content (AvgIpc) is 3.22. The minimum atomic E-state index is -0.758. The van der Waals surface area contributed by atoms with Gasteiger partial charge in [0.25, 0.3) is 0 Å². The molecule has 0 rings (SSSR count). The number of rotatable bonds is 47. The molecule has 0 aliphatic rings. The third-order valence-electron chi connectivity index (χ3n) is 12.2. The van der Waals surface area contributed by atoms with E-state index in [4.69, 9.17) is 14.2 Å². The van der Waals surface area contributed by atoms with Gasteiger partial charge in [0.1, 0.15) is 13.2 Å². The van der Waals surface area contributed by atoms with Crippen molar-refractivity contribution in [1.82, 2.24) is 0 Å². The highest BCUT2D eigenvalue weighted by molar-refractivity contribution is 5.71. The van der Waals surface area contributed by atoms with Gasteiger partial charge in [0.2, 0.25) is 0 Å².